The van der Waals surface area contributed by atoms with Gasteiger partial charge in [0.15, 0.2) is 0 Å². The van der Waals surface area contributed by atoms with Gasteiger partial charge in [-0.25, -0.2) is 0 Å². The molecule has 2 bridgehead atoms. The second-order valence-corrected chi connectivity index (χ2v) is 6.47. The van der Waals surface area contributed by atoms with Crippen LogP contribution in [0.15, 0.2) is 12.2 Å². The zero-order valence-electron chi connectivity index (χ0n) is 12.5. The zero-order valence-corrected chi connectivity index (χ0v) is 12.5. The highest BCUT2D eigenvalue weighted by atomic mass is 16.4. The number of carboxylic acids is 1. The largest absolute Gasteiger partial charge is 0.481 e. The molecule has 1 saturated heterocycles. The molecule has 6 nitrogen and oxygen atoms in total. The van der Waals surface area contributed by atoms with E-state index in [9.17, 15) is 19.5 Å². The van der Waals surface area contributed by atoms with Gasteiger partial charge in [0, 0.05) is 26.1 Å². The summed E-state index contributed by atoms with van der Waals surface area (Å²) in [5.41, 5.74) is 0. The van der Waals surface area contributed by atoms with Gasteiger partial charge in [0.05, 0.1) is 11.8 Å². The summed E-state index contributed by atoms with van der Waals surface area (Å²) in [5.74, 6) is -1.81. The minimum atomic E-state index is -0.875. The van der Waals surface area contributed by atoms with Crippen molar-refractivity contribution in [2.45, 2.75) is 25.7 Å². The number of allylic oxidation sites excluding steroid dienone is 2. The van der Waals surface area contributed by atoms with Gasteiger partial charge in [-0.3, -0.25) is 14.4 Å². The van der Waals surface area contributed by atoms with E-state index < -0.39 is 17.8 Å². The maximum absolute atomic E-state index is 12.3. The molecule has 1 saturated carbocycles. The Hall–Kier alpha value is -1.85. The second kappa shape index (κ2) is 6.10. The lowest BCUT2D eigenvalue weighted by molar-refractivity contribution is -0.147. The van der Waals surface area contributed by atoms with Crippen LogP contribution in [0.1, 0.15) is 25.7 Å². The van der Waals surface area contributed by atoms with E-state index in [-0.39, 0.29) is 23.7 Å². The Bertz CT molecular complexity index is 516. The van der Waals surface area contributed by atoms with E-state index in [2.05, 4.69) is 5.32 Å². The number of fused-ring (bicyclic) bond motifs is 2. The molecule has 6 heteroatoms. The smallest absolute Gasteiger partial charge is 0.307 e. The van der Waals surface area contributed by atoms with Crippen LogP contribution in [0, 0.1) is 23.7 Å². The SMILES string of the molecule is O=C(O)[C@H]1[C@H](C(=O)NCCCN2CCCC2=O)[C@H]2C=C[C@H]1C2. The summed E-state index contributed by atoms with van der Waals surface area (Å²) in [4.78, 5) is 37.0. The number of nitrogens with zero attached hydrogens (tertiary/aromatic N) is 1. The molecule has 3 rings (SSSR count). The molecule has 0 radical (unpaired) electrons. The van der Waals surface area contributed by atoms with Gasteiger partial charge in [-0.15, -0.1) is 0 Å². The van der Waals surface area contributed by atoms with Crippen LogP contribution in [0.4, 0.5) is 0 Å². The van der Waals surface area contributed by atoms with Gasteiger partial charge >= 0.3 is 5.97 Å². The predicted molar refractivity (Wildman–Crippen MR) is 78.8 cm³/mol. The lowest BCUT2D eigenvalue weighted by Gasteiger charge is -2.24. The monoisotopic (exact) mass is 306 g/mol. The lowest BCUT2D eigenvalue weighted by Crippen LogP contribution is -2.41. The van der Waals surface area contributed by atoms with Crippen molar-refractivity contribution in [3.63, 3.8) is 0 Å². The summed E-state index contributed by atoms with van der Waals surface area (Å²) in [6.45, 7) is 1.97. The molecular weight excluding hydrogens is 284 g/mol. The highest BCUT2D eigenvalue weighted by molar-refractivity contribution is 5.86. The molecule has 2 aliphatic carbocycles. The molecular formula is C16H22N2O4. The third kappa shape index (κ3) is 2.74. The van der Waals surface area contributed by atoms with Gasteiger partial charge in [0.25, 0.3) is 0 Å². The number of carbonyl (C=O) groups is 3. The molecule has 0 aromatic heterocycles. The Morgan fingerprint density at radius 2 is 2.00 bits per heavy atom. The summed E-state index contributed by atoms with van der Waals surface area (Å²) in [6, 6.07) is 0. The van der Waals surface area contributed by atoms with Crippen LogP contribution < -0.4 is 5.32 Å². The number of rotatable bonds is 6. The molecule has 2 amide bonds. The Morgan fingerprint density at radius 3 is 2.64 bits per heavy atom. The number of nitrogens with one attached hydrogen (secondary N) is 1. The fourth-order valence-corrected chi connectivity index (χ4v) is 4.06. The molecule has 2 N–H and O–H groups in total. The van der Waals surface area contributed by atoms with Crippen LogP contribution in [-0.2, 0) is 14.4 Å². The summed E-state index contributed by atoms with van der Waals surface area (Å²) in [7, 11) is 0. The molecule has 0 aromatic carbocycles. The van der Waals surface area contributed by atoms with Crippen molar-refractivity contribution in [1.29, 1.82) is 0 Å². The van der Waals surface area contributed by atoms with Crippen LogP contribution in [-0.4, -0.2) is 47.4 Å². The minimum Gasteiger partial charge on any atom is -0.481 e. The first-order valence-corrected chi connectivity index (χ1v) is 8.04. The molecule has 0 spiro atoms. The molecule has 4 atom stereocenters. The highest BCUT2D eigenvalue weighted by Crippen LogP contribution is 2.48. The average Bonchev–Trinajstić information content (AvgIpc) is 3.18. The van der Waals surface area contributed by atoms with Crippen molar-refractivity contribution in [3.8, 4) is 0 Å². The van der Waals surface area contributed by atoms with E-state index in [1.165, 1.54) is 0 Å². The first-order chi connectivity index (χ1) is 10.6. The summed E-state index contributed by atoms with van der Waals surface area (Å²) < 4.78 is 0. The number of aliphatic carboxylic acids is 1. The van der Waals surface area contributed by atoms with E-state index >= 15 is 0 Å². The molecule has 0 aromatic rings. The van der Waals surface area contributed by atoms with Crippen molar-refractivity contribution in [2.24, 2.45) is 23.7 Å². The van der Waals surface area contributed by atoms with Crippen molar-refractivity contribution < 1.29 is 19.5 Å². The molecule has 1 aliphatic heterocycles. The van der Waals surface area contributed by atoms with E-state index in [4.69, 9.17) is 0 Å². The van der Waals surface area contributed by atoms with Crippen molar-refractivity contribution in [3.05, 3.63) is 12.2 Å². The average molecular weight is 306 g/mol. The Labute approximate surface area is 129 Å². The molecule has 120 valence electrons. The van der Waals surface area contributed by atoms with Gasteiger partial charge in [-0.2, -0.15) is 0 Å². The number of hydrogen-bond acceptors (Lipinski definition) is 3. The zero-order chi connectivity index (χ0) is 15.7. The van der Waals surface area contributed by atoms with Crippen molar-refractivity contribution >= 4 is 17.8 Å². The summed E-state index contributed by atoms with van der Waals surface area (Å²) in [6.07, 6.45) is 6.96. The van der Waals surface area contributed by atoms with Crippen molar-refractivity contribution in [1.82, 2.24) is 10.2 Å². The number of likely N-dealkylation sites (tertiary alicyclic amines) is 1. The molecule has 3 aliphatic rings. The molecule has 1 heterocycles. The summed E-state index contributed by atoms with van der Waals surface area (Å²) >= 11 is 0. The fourth-order valence-electron chi connectivity index (χ4n) is 4.06. The predicted octanol–water partition coefficient (Wildman–Crippen LogP) is 0.638. The quantitative estimate of drug-likeness (QED) is 0.557. The summed E-state index contributed by atoms with van der Waals surface area (Å²) in [5, 5.41) is 12.2. The van der Waals surface area contributed by atoms with Gasteiger partial charge in [0.1, 0.15) is 0 Å². The number of carboxylic acid groups (broad SMARTS) is 1. The van der Waals surface area contributed by atoms with Crippen LogP contribution >= 0.6 is 0 Å². The standard InChI is InChI=1S/C16H22N2O4/c19-12-3-1-7-18(12)8-2-6-17-15(20)13-10-4-5-11(9-10)14(13)16(21)22/h4-5,10-11,13-14H,1-3,6-9H2,(H,17,20)(H,21,22)/t10-,11-,13+,14+/m0/s1. The number of hydrogen-bond donors (Lipinski definition) is 2. The third-order valence-electron chi connectivity index (χ3n) is 5.12. The lowest BCUT2D eigenvalue weighted by atomic mass is 9.82. The van der Waals surface area contributed by atoms with Gasteiger partial charge in [0.2, 0.25) is 11.8 Å². The normalized spacial score (nSPS) is 32.7. The van der Waals surface area contributed by atoms with Crippen LogP contribution in [0.2, 0.25) is 0 Å². The van der Waals surface area contributed by atoms with E-state index in [1.807, 2.05) is 17.1 Å². The van der Waals surface area contributed by atoms with Crippen molar-refractivity contribution in [2.75, 3.05) is 19.6 Å². The van der Waals surface area contributed by atoms with E-state index in [0.717, 1.165) is 19.4 Å². The van der Waals surface area contributed by atoms with Crippen LogP contribution in [0.3, 0.4) is 0 Å². The van der Waals surface area contributed by atoms with Crippen LogP contribution in [0.25, 0.3) is 0 Å². The Balaban J connectivity index is 1.46. The Morgan fingerprint density at radius 1 is 1.27 bits per heavy atom. The number of amides is 2. The minimum absolute atomic E-state index is 0.000437. The highest BCUT2D eigenvalue weighted by Gasteiger charge is 2.51. The third-order valence-corrected chi connectivity index (χ3v) is 5.12. The van der Waals surface area contributed by atoms with E-state index in [0.29, 0.717) is 25.9 Å². The topological polar surface area (TPSA) is 86.7 Å². The molecule has 2 fully saturated rings. The fraction of sp³-hybridized carbons (Fsp3) is 0.688. The van der Waals surface area contributed by atoms with E-state index in [1.54, 1.807) is 0 Å². The maximum atomic E-state index is 12.3. The van der Waals surface area contributed by atoms with Gasteiger partial charge in [-0.1, -0.05) is 12.2 Å². The molecule has 22 heavy (non-hydrogen) atoms. The molecule has 0 unspecified atom stereocenters. The second-order valence-electron chi connectivity index (χ2n) is 6.47. The van der Waals surface area contributed by atoms with Gasteiger partial charge < -0.3 is 15.3 Å². The van der Waals surface area contributed by atoms with Gasteiger partial charge in [-0.05, 0) is 31.1 Å². The number of carbonyl (C=O) groups excluding carboxylic acids is 2. The Kier molecular flexibility index (Phi) is 4.18. The maximum Gasteiger partial charge on any atom is 0.307 e. The van der Waals surface area contributed by atoms with Crippen LogP contribution in [0.5, 0.6) is 0 Å². The first kappa shape index (κ1) is 15.1. The first-order valence-electron chi connectivity index (χ1n) is 8.04.